The summed E-state index contributed by atoms with van der Waals surface area (Å²) >= 11 is 0. The Bertz CT molecular complexity index is 534. The molecule has 2 rings (SSSR count). The molecule has 4 heteroatoms. The van der Waals surface area contributed by atoms with Crippen LogP contribution in [-0.4, -0.2) is 18.2 Å². The quantitative estimate of drug-likeness (QED) is 0.885. The van der Waals surface area contributed by atoms with Crippen LogP contribution in [0.2, 0.25) is 0 Å². The maximum Gasteiger partial charge on any atom is 0.167 e. The van der Waals surface area contributed by atoms with Gasteiger partial charge < -0.3 is 15.0 Å². The highest BCUT2D eigenvalue weighted by Crippen LogP contribution is 2.28. The molecule has 17 heavy (non-hydrogen) atoms. The Morgan fingerprint density at radius 1 is 1.41 bits per heavy atom. The Balaban J connectivity index is 2.67. The lowest BCUT2D eigenvalue weighted by molar-refractivity contribution is 0.387. The normalized spacial score (nSPS) is 11.1. The van der Waals surface area contributed by atoms with Gasteiger partial charge in [-0.25, -0.2) is 4.39 Å². The molecule has 0 fully saturated rings. The van der Waals surface area contributed by atoms with Crippen molar-refractivity contribution in [2.24, 2.45) is 5.73 Å². The highest BCUT2D eigenvalue weighted by atomic mass is 19.1. The van der Waals surface area contributed by atoms with E-state index < -0.39 is 0 Å². The third-order valence-corrected chi connectivity index (χ3v) is 2.99. The maximum atomic E-state index is 13.7. The predicted octanol–water partition coefficient (Wildman–Crippen LogP) is 2.31. The lowest BCUT2D eigenvalue weighted by atomic mass is 10.1. The van der Waals surface area contributed by atoms with E-state index in [0.717, 1.165) is 29.4 Å². The summed E-state index contributed by atoms with van der Waals surface area (Å²) in [7, 11) is 1.48. The highest BCUT2D eigenvalue weighted by molar-refractivity contribution is 5.85. The van der Waals surface area contributed by atoms with Crippen LogP contribution in [0.3, 0.4) is 0 Å². The largest absolute Gasteiger partial charge is 0.494 e. The Kier molecular flexibility index (Phi) is 3.33. The van der Waals surface area contributed by atoms with E-state index in [1.165, 1.54) is 13.2 Å². The number of nitrogens with two attached hydrogens (primary N) is 1. The van der Waals surface area contributed by atoms with Gasteiger partial charge in [-0.15, -0.1) is 0 Å². The van der Waals surface area contributed by atoms with Crippen LogP contribution < -0.4 is 10.5 Å². The lowest BCUT2D eigenvalue weighted by Gasteiger charge is -2.04. The SMILES string of the molecule is CCn1cc(CCN)c2cc(OC)c(F)cc21. The molecule has 0 atom stereocenters. The van der Waals surface area contributed by atoms with E-state index >= 15 is 0 Å². The monoisotopic (exact) mass is 236 g/mol. The molecule has 0 saturated heterocycles. The zero-order chi connectivity index (χ0) is 12.4. The van der Waals surface area contributed by atoms with Crippen molar-refractivity contribution >= 4 is 10.9 Å². The number of methoxy groups -OCH3 is 1. The Labute approximate surface area is 100.0 Å². The van der Waals surface area contributed by atoms with Gasteiger partial charge in [-0.2, -0.15) is 0 Å². The van der Waals surface area contributed by atoms with Gasteiger partial charge in [0.2, 0.25) is 0 Å². The number of aryl methyl sites for hydroxylation is 1. The molecule has 0 aliphatic rings. The molecule has 2 aromatic rings. The highest BCUT2D eigenvalue weighted by Gasteiger charge is 2.12. The van der Waals surface area contributed by atoms with Crippen LogP contribution in [0, 0.1) is 5.82 Å². The summed E-state index contributed by atoms with van der Waals surface area (Å²) < 4.78 is 20.7. The molecule has 1 heterocycles. The first-order chi connectivity index (χ1) is 8.21. The molecular formula is C13H17FN2O. The Morgan fingerprint density at radius 3 is 2.76 bits per heavy atom. The molecule has 0 saturated carbocycles. The van der Waals surface area contributed by atoms with Crippen LogP contribution in [0.5, 0.6) is 5.75 Å². The number of ether oxygens (including phenoxy) is 1. The summed E-state index contributed by atoms with van der Waals surface area (Å²) in [6, 6.07) is 3.28. The second kappa shape index (κ2) is 4.75. The Hall–Kier alpha value is -1.55. The van der Waals surface area contributed by atoms with Crippen molar-refractivity contribution in [3.63, 3.8) is 0 Å². The van der Waals surface area contributed by atoms with Gasteiger partial charge >= 0.3 is 0 Å². The first-order valence-corrected chi connectivity index (χ1v) is 5.76. The molecular weight excluding hydrogens is 219 g/mol. The molecule has 0 spiro atoms. The second-order valence-corrected chi connectivity index (χ2v) is 3.98. The molecule has 0 aliphatic carbocycles. The lowest BCUT2D eigenvalue weighted by Crippen LogP contribution is -2.02. The van der Waals surface area contributed by atoms with Crippen molar-refractivity contribution in [3.05, 3.63) is 29.7 Å². The minimum atomic E-state index is -0.327. The summed E-state index contributed by atoms with van der Waals surface area (Å²) in [5.41, 5.74) is 7.63. The van der Waals surface area contributed by atoms with Gasteiger partial charge in [-0.05, 0) is 31.5 Å². The minimum Gasteiger partial charge on any atom is -0.494 e. The van der Waals surface area contributed by atoms with Gasteiger partial charge in [0, 0.05) is 24.2 Å². The fraction of sp³-hybridized carbons (Fsp3) is 0.385. The summed E-state index contributed by atoms with van der Waals surface area (Å²) in [4.78, 5) is 0. The topological polar surface area (TPSA) is 40.2 Å². The van der Waals surface area contributed by atoms with E-state index in [2.05, 4.69) is 0 Å². The van der Waals surface area contributed by atoms with Crippen molar-refractivity contribution in [3.8, 4) is 5.75 Å². The van der Waals surface area contributed by atoms with Crippen LogP contribution in [0.15, 0.2) is 18.3 Å². The van der Waals surface area contributed by atoms with E-state index in [0.29, 0.717) is 6.54 Å². The number of rotatable bonds is 4. The molecule has 92 valence electrons. The standard InChI is InChI=1S/C13H17FN2O/c1-3-16-8-9(4-5-15)10-6-13(17-2)11(14)7-12(10)16/h6-8H,3-5,15H2,1-2H3. The summed E-state index contributed by atoms with van der Waals surface area (Å²) in [6.07, 6.45) is 2.83. The number of benzene rings is 1. The Morgan fingerprint density at radius 2 is 2.18 bits per heavy atom. The van der Waals surface area contributed by atoms with Gasteiger partial charge in [0.1, 0.15) is 0 Å². The molecule has 3 nitrogen and oxygen atoms in total. The van der Waals surface area contributed by atoms with Crippen molar-refractivity contribution in [2.75, 3.05) is 13.7 Å². The second-order valence-electron chi connectivity index (χ2n) is 3.98. The maximum absolute atomic E-state index is 13.7. The molecule has 0 bridgehead atoms. The zero-order valence-corrected chi connectivity index (χ0v) is 10.2. The van der Waals surface area contributed by atoms with E-state index in [-0.39, 0.29) is 11.6 Å². The molecule has 1 aromatic heterocycles. The van der Waals surface area contributed by atoms with E-state index in [4.69, 9.17) is 10.5 Å². The summed E-state index contributed by atoms with van der Waals surface area (Å²) in [6.45, 7) is 3.43. The van der Waals surface area contributed by atoms with Crippen LogP contribution in [0.1, 0.15) is 12.5 Å². The average molecular weight is 236 g/mol. The number of fused-ring (bicyclic) bond motifs is 1. The van der Waals surface area contributed by atoms with E-state index in [1.807, 2.05) is 17.7 Å². The molecule has 0 radical (unpaired) electrons. The fourth-order valence-corrected chi connectivity index (χ4v) is 2.14. The zero-order valence-electron chi connectivity index (χ0n) is 10.2. The average Bonchev–Trinajstić information content (AvgIpc) is 2.66. The first-order valence-electron chi connectivity index (χ1n) is 5.76. The van der Waals surface area contributed by atoms with Crippen LogP contribution in [-0.2, 0) is 13.0 Å². The van der Waals surface area contributed by atoms with Gasteiger partial charge in [-0.3, -0.25) is 0 Å². The van der Waals surface area contributed by atoms with Crippen molar-refractivity contribution < 1.29 is 9.13 Å². The summed E-state index contributed by atoms with van der Waals surface area (Å²) in [5.74, 6) is -0.0447. The third kappa shape index (κ3) is 2.00. The minimum absolute atomic E-state index is 0.282. The van der Waals surface area contributed by atoms with Gasteiger partial charge in [0.15, 0.2) is 11.6 Å². The number of halogens is 1. The van der Waals surface area contributed by atoms with Crippen molar-refractivity contribution in [1.29, 1.82) is 0 Å². The molecule has 0 aliphatic heterocycles. The molecule has 1 aromatic carbocycles. The van der Waals surface area contributed by atoms with Gasteiger partial charge in [-0.1, -0.05) is 0 Å². The van der Waals surface area contributed by atoms with Gasteiger partial charge in [0.05, 0.1) is 12.6 Å². The van der Waals surface area contributed by atoms with E-state index in [9.17, 15) is 4.39 Å². The van der Waals surface area contributed by atoms with E-state index in [1.54, 1.807) is 6.07 Å². The molecule has 0 unspecified atom stereocenters. The number of aromatic nitrogens is 1. The van der Waals surface area contributed by atoms with Crippen LogP contribution in [0.4, 0.5) is 4.39 Å². The fourth-order valence-electron chi connectivity index (χ4n) is 2.14. The number of hydrogen-bond acceptors (Lipinski definition) is 2. The van der Waals surface area contributed by atoms with Gasteiger partial charge in [0.25, 0.3) is 0 Å². The first kappa shape index (κ1) is 11.9. The number of nitrogens with zero attached hydrogens (tertiary/aromatic N) is 1. The van der Waals surface area contributed by atoms with Crippen LogP contribution in [0.25, 0.3) is 10.9 Å². The molecule has 0 amide bonds. The predicted molar refractivity (Wildman–Crippen MR) is 66.9 cm³/mol. The van der Waals surface area contributed by atoms with Crippen molar-refractivity contribution in [1.82, 2.24) is 4.57 Å². The summed E-state index contributed by atoms with van der Waals surface area (Å²) in [5, 5.41) is 1.02. The smallest absolute Gasteiger partial charge is 0.167 e. The number of hydrogen-bond donors (Lipinski definition) is 1. The van der Waals surface area contributed by atoms with Crippen LogP contribution >= 0.6 is 0 Å². The molecule has 2 N–H and O–H groups in total. The third-order valence-electron chi connectivity index (χ3n) is 2.99. The van der Waals surface area contributed by atoms with Crippen molar-refractivity contribution in [2.45, 2.75) is 19.9 Å².